The van der Waals surface area contributed by atoms with Crippen molar-refractivity contribution in [2.45, 2.75) is 38.0 Å². The summed E-state index contributed by atoms with van der Waals surface area (Å²) in [4.78, 5) is 0. The lowest BCUT2D eigenvalue weighted by Crippen LogP contribution is -2.16. The average Bonchev–Trinajstić information content (AvgIpc) is 2.68. The van der Waals surface area contributed by atoms with Gasteiger partial charge in [0.05, 0.1) is 6.61 Å². The molecule has 2 aromatic rings. The molecule has 150 valence electrons. The van der Waals surface area contributed by atoms with E-state index in [9.17, 15) is 13.2 Å². The number of hydrogen-bond acceptors (Lipinski definition) is 2. The largest absolute Gasteiger partial charge is 0.573 e. The number of hydrogen-bond donors (Lipinski definition) is 0. The maximum absolute atomic E-state index is 12.3. The molecular formula is C23H25F3O2. The number of halogens is 3. The molecule has 5 heteroatoms. The van der Waals surface area contributed by atoms with E-state index >= 15 is 0 Å². The maximum Gasteiger partial charge on any atom is 0.573 e. The second-order valence-corrected chi connectivity index (χ2v) is 7.19. The van der Waals surface area contributed by atoms with Crippen LogP contribution in [-0.4, -0.2) is 20.1 Å². The van der Waals surface area contributed by atoms with Crippen molar-refractivity contribution in [3.05, 3.63) is 66.2 Å². The van der Waals surface area contributed by atoms with Crippen molar-refractivity contribution in [1.82, 2.24) is 0 Å². The highest BCUT2D eigenvalue weighted by Crippen LogP contribution is 2.37. The zero-order valence-electron chi connectivity index (χ0n) is 15.9. The summed E-state index contributed by atoms with van der Waals surface area (Å²) in [5, 5.41) is 0. The third-order valence-corrected chi connectivity index (χ3v) is 5.25. The first kappa shape index (κ1) is 20.5. The van der Waals surface area contributed by atoms with Gasteiger partial charge in [-0.2, -0.15) is 0 Å². The van der Waals surface area contributed by atoms with Crippen molar-refractivity contribution >= 4 is 0 Å². The van der Waals surface area contributed by atoms with Crippen molar-refractivity contribution < 1.29 is 22.6 Å². The number of rotatable bonds is 6. The predicted octanol–water partition coefficient (Wildman–Crippen LogP) is 6.73. The molecule has 0 heterocycles. The van der Waals surface area contributed by atoms with Crippen LogP contribution in [0.15, 0.2) is 60.7 Å². The summed E-state index contributed by atoms with van der Waals surface area (Å²) in [6, 6.07) is 14.3. The fourth-order valence-corrected chi connectivity index (χ4v) is 3.79. The summed E-state index contributed by atoms with van der Waals surface area (Å²) in [6.45, 7) is 0.671. The van der Waals surface area contributed by atoms with Crippen LogP contribution in [0.5, 0.6) is 5.75 Å². The molecular weight excluding hydrogens is 365 g/mol. The van der Waals surface area contributed by atoms with Crippen LogP contribution < -0.4 is 4.74 Å². The Kier molecular flexibility index (Phi) is 6.79. The van der Waals surface area contributed by atoms with E-state index in [1.165, 1.54) is 43.4 Å². The Morgan fingerprint density at radius 3 is 2.00 bits per heavy atom. The quantitative estimate of drug-likeness (QED) is 0.509. The SMILES string of the molecule is COC/C=C/[C@H]1CC[C@H](c2ccc(-c3ccc(OC(F)(F)F)cc3)cc2)CC1. The molecule has 0 atom stereocenters. The molecule has 0 radical (unpaired) electrons. The van der Waals surface area contributed by atoms with Gasteiger partial charge >= 0.3 is 6.36 Å². The smallest absolute Gasteiger partial charge is 0.406 e. The van der Waals surface area contributed by atoms with Crippen molar-refractivity contribution in [1.29, 1.82) is 0 Å². The zero-order chi connectivity index (χ0) is 20.0. The number of ether oxygens (including phenoxy) is 2. The first-order valence-electron chi connectivity index (χ1n) is 9.56. The summed E-state index contributed by atoms with van der Waals surface area (Å²) in [7, 11) is 1.70. The Bertz CT molecular complexity index is 756. The maximum atomic E-state index is 12.3. The molecule has 1 aliphatic rings. The van der Waals surface area contributed by atoms with Crippen molar-refractivity contribution in [3.63, 3.8) is 0 Å². The van der Waals surface area contributed by atoms with E-state index in [1.807, 2.05) is 12.1 Å². The van der Waals surface area contributed by atoms with Crippen molar-refractivity contribution in [2.24, 2.45) is 5.92 Å². The molecule has 2 nitrogen and oxygen atoms in total. The van der Waals surface area contributed by atoms with Gasteiger partial charge in [0, 0.05) is 7.11 Å². The van der Waals surface area contributed by atoms with E-state index in [0.717, 1.165) is 11.1 Å². The molecule has 0 aliphatic heterocycles. The van der Waals surface area contributed by atoms with E-state index in [1.54, 1.807) is 19.2 Å². The number of alkyl halides is 3. The lowest BCUT2D eigenvalue weighted by atomic mass is 9.78. The predicted molar refractivity (Wildman–Crippen MR) is 104 cm³/mol. The lowest BCUT2D eigenvalue weighted by molar-refractivity contribution is -0.274. The zero-order valence-corrected chi connectivity index (χ0v) is 15.9. The fourth-order valence-electron chi connectivity index (χ4n) is 3.79. The minimum Gasteiger partial charge on any atom is -0.406 e. The van der Waals surface area contributed by atoms with Gasteiger partial charge in [0.25, 0.3) is 0 Å². The van der Waals surface area contributed by atoms with Crippen LogP contribution in [0.3, 0.4) is 0 Å². The molecule has 0 spiro atoms. The first-order valence-corrected chi connectivity index (χ1v) is 9.56. The molecule has 1 fully saturated rings. The molecule has 1 aliphatic carbocycles. The van der Waals surface area contributed by atoms with Gasteiger partial charge in [-0.1, -0.05) is 48.6 Å². The topological polar surface area (TPSA) is 18.5 Å². The van der Waals surface area contributed by atoms with Gasteiger partial charge in [-0.3, -0.25) is 0 Å². The molecule has 0 bridgehead atoms. The van der Waals surface area contributed by atoms with Gasteiger partial charge in [-0.05, 0) is 66.3 Å². The second kappa shape index (κ2) is 9.28. The Morgan fingerprint density at radius 2 is 1.46 bits per heavy atom. The third-order valence-electron chi connectivity index (χ3n) is 5.25. The first-order chi connectivity index (χ1) is 13.4. The monoisotopic (exact) mass is 390 g/mol. The summed E-state index contributed by atoms with van der Waals surface area (Å²) >= 11 is 0. The Balaban J connectivity index is 1.58. The number of benzene rings is 2. The number of methoxy groups -OCH3 is 1. The minimum absolute atomic E-state index is 0.204. The molecule has 0 saturated heterocycles. The molecule has 0 aromatic heterocycles. The molecule has 3 rings (SSSR count). The Hall–Kier alpha value is -2.27. The van der Waals surface area contributed by atoms with Gasteiger partial charge in [0.2, 0.25) is 0 Å². The van der Waals surface area contributed by atoms with Crippen LogP contribution in [0.25, 0.3) is 11.1 Å². The summed E-state index contributed by atoms with van der Waals surface area (Å²) in [5.74, 6) is 1.01. The van der Waals surface area contributed by atoms with Gasteiger partial charge in [-0.25, -0.2) is 0 Å². The van der Waals surface area contributed by atoms with Crippen molar-refractivity contribution in [3.8, 4) is 16.9 Å². The average molecular weight is 390 g/mol. The van der Waals surface area contributed by atoms with E-state index < -0.39 is 6.36 Å². The third kappa shape index (κ3) is 5.86. The second-order valence-electron chi connectivity index (χ2n) is 7.19. The molecule has 0 unspecified atom stereocenters. The number of allylic oxidation sites excluding steroid dienone is 1. The van der Waals surface area contributed by atoms with Gasteiger partial charge in [0.1, 0.15) is 5.75 Å². The standard InChI is InChI=1S/C23H25F3O2/c1-27-16-2-3-17-4-6-18(7-5-17)19-8-10-20(11-9-19)21-12-14-22(15-13-21)28-23(24,25)26/h2-3,8-15,17-18H,4-7,16H2,1H3/b3-2+/t17-,18-. The lowest BCUT2D eigenvalue weighted by Gasteiger charge is -2.27. The van der Waals surface area contributed by atoms with Crippen LogP contribution in [0.2, 0.25) is 0 Å². The highest BCUT2D eigenvalue weighted by atomic mass is 19.4. The molecule has 0 N–H and O–H groups in total. The van der Waals surface area contributed by atoms with E-state index in [0.29, 0.717) is 18.4 Å². The van der Waals surface area contributed by atoms with Gasteiger partial charge < -0.3 is 9.47 Å². The van der Waals surface area contributed by atoms with Gasteiger partial charge in [-0.15, -0.1) is 13.2 Å². The molecule has 2 aromatic carbocycles. The normalized spacial score (nSPS) is 20.4. The molecule has 0 amide bonds. The van der Waals surface area contributed by atoms with E-state index in [-0.39, 0.29) is 5.75 Å². The fraction of sp³-hybridized carbons (Fsp3) is 0.391. The Labute approximate surface area is 164 Å². The summed E-state index contributed by atoms with van der Waals surface area (Å²) in [5.41, 5.74) is 3.19. The summed E-state index contributed by atoms with van der Waals surface area (Å²) < 4.78 is 45.7. The van der Waals surface area contributed by atoms with Crippen LogP contribution in [-0.2, 0) is 4.74 Å². The van der Waals surface area contributed by atoms with E-state index in [4.69, 9.17) is 4.74 Å². The Morgan fingerprint density at radius 1 is 0.893 bits per heavy atom. The van der Waals surface area contributed by atoms with E-state index in [2.05, 4.69) is 29.0 Å². The van der Waals surface area contributed by atoms with Crippen LogP contribution in [0.1, 0.15) is 37.2 Å². The summed E-state index contributed by atoms with van der Waals surface area (Å²) in [6.07, 6.45) is 4.43. The molecule has 1 saturated carbocycles. The highest BCUT2D eigenvalue weighted by Gasteiger charge is 2.31. The minimum atomic E-state index is -4.66. The van der Waals surface area contributed by atoms with Gasteiger partial charge in [0.15, 0.2) is 0 Å². The van der Waals surface area contributed by atoms with Crippen molar-refractivity contribution in [2.75, 3.05) is 13.7 Å². The molecule has 28 heavy (non-hydrogen) atoms. The van der Waals surface area contributed by atoms with Crippen LogP contribution >= 0.6 is 0 Å². The van der Waals surface area contributed by atoms with Crippen LogP contribution in [0, 0.1) is 5.92 Å². The van der Waals surface area contributed by atoms with Crippen LogP contribution in [0.4, 0.5) is 13.2 Å². The highest BCUT2D eigenvalue weighted by molar-refractivity contribution is 5.64.